The summed E-state index contributed by atoms with van der Waals surface area (Å²) in [6, 6.07) is 9.72. The SMILES string of the molecule is CC(C)c1oc(C2CCCN2C(=O)CNC(=O)CN)nc1-c1ccccc1.Cl.Cl. The van der Waals surface area contributed by atoms with Crippen molar-refractivity contribution in [3.63, 3.8) is 0 Å². The predicted octanol–water partition coefficient (Wildman–Crippen LogP) is 3.05. The van der Waals surface area contributed by atoms with Crippen LogP contribution in [0.5, 0.6) is 0 Å². The first-order chi connectivity index (χ1) is 13.0. The minimum absolute atomic E-state index is 0. The summed E-state index contributed by atoms with van der Waals surface area (Å²) in [6.45, 7) is 4.57. The molecular formula is C20H28Cl2N4O3. The molecule has 0 aliphatic carbocycles. The Labute approximate surface area is 183 Å². The number of amides is 2. The maximum Gasteiger partial charge on any atom is 0.242 e. The van der Waals surface area contributed by atoms with Gasteiger partial charge in [0.05, 0.1) is 13.1 Å². The summed E-state index contributed by atoms with van der Waals surface area (Å²) < 4.78 is 6.13. The van der Waals surface area contributed by atoms with Crippen molar-refractivity contribution in [3.8, 4) is 11.3 Å². The van der Waals surface area contributed by atoms with Gasteiger partial charge in [-0.2, -0.15) is 0 Å². The molecule has 0 spiro atoms. The van der Waals surface area contributed by atoms with Crippen molar-refractivity contribution in [2.45, 2.75) is 38.6 Å². The Balaban J connectivity index is 0.00000210. The van der Waals surface area contributed by atoms with Crippen LogP contribution in [0, 0.1) is 0 Å². The van der Waals surface area contributed by atoms with E-state index in [1.807, 2.05) is 30.3 Å². The fraction of sp³-hybridized carbons (Fsp3) is 0.450. The minimum Gasteiger partial charge on any atom is -0.442 e. The van der Waals surface area contributed by atoms with Crippen LogP contribution in [0.1, 0.15) is 50.3 Å². The number of carbonyl (C=O) groups is 2. The van der Waals surface area contributed by atoms with Crippen molar-refractivity contribution in [1.82, 2.24) is 15.2 Å². The van der Waals surface area contributed by atoms with Crippen molar-refractivity contribution < 1.29 is 14.0 Å². The van der Waals surface area contributed by atoms with E-state index in [0.717, 1.165) is 29.9 Å². The molecule has 29 heavy (non-hydrogen) atoms. The molecule has 1 aromatic heterocycles. The Morgan fingerprint density at radius 1 is 1.28 bits per heavy atom. The number of nitrogens with two attached hydrogens (primary N) is 1. The standard InChI is InChI=1S/C20H26N4O3.2ClH/c1-13(2)19-18(14-7-4-3-5-8-14)23-20(27-19)15-9-6-10-24(15)17(26)12-22-16(25)11-21;;/h3-5,7-8,13,15H,6,9-12,21H2,1-2H3,(H,22,25);2*1H. The highest BCUT2D eigenvalue weighted by Crippen LogP contribution is 2.37. The Hall–Kier alpha value is -2.09. The summed E-state index contributed by atoms with van der Waals surface area (Å²) in [7, 11) is 0. The van der Waals surface area contributed by atoms with Crippen LogP contribution in [0.25, 0.3) is 11.3 Å². The van der Waals surface area contributed by atoms with E-state index in [1.54, 1.807) is 4.90 Å². The van der Waals surface area contributed by atoms with Gasteiger partial charge < -0.3 is 20.4 Å². The second kappa shape index (κ2) is 11.2. The highest BCUT2D eigenvalue weighted by atomic mass is 35.5. The molecule has 3 N–H and O–H groups in total. The van der Waals surface area contributed by atoms with E-state index in [0.29, 0.717) is 12.4 Å². The maximum atomic E-state index is 12.5. The van der Waals surface area contributed by atoms with Gasteiger partial charge in [-0.3, -0.25) is 9.59 Å². The number of rotatable bonds is 6. The van der Waals surface area contributed by atoms with Gasteiger partial charge in [0.2, 0.25) is 17.7 Å². The highest BCUT2D eigenvalue weighted by molar-refractivity contribution is 5.86. The molecule has 0 saturated carbocycles. The van der Waals surface area contributed by atoms with Crippen LogP contribution < -0.4 is 11.1 Å². The first kappa shape index (κ1) is 24.9. The molecule has 1 fully saturated rings. The number of nitrogens with zero attached hydrogens (tertiary/aromatic N) is 2. The largest absolute Gasteiger partial charge is 0.442 e. The Kier molecular flexibility index (Phi) is 9.62. The van der Waals surface area contributed by atoms with Crippen molar-refractivity contribution in [1.29, 1.82) is 0 Å². The maximum absolute atomic E-state index is 12.5. The van der Waals surface area contributed by atoms with Crippen LogP contribution in [0.15, 0.2) is 34.7 Å². The van der Waals surface area contributed by atoms with Crippen molar-refractivity contribution in [3.05, 3.63) is 42.0 Å². The fourth-order valence-corrected chi connectivity index (χ4v) is 3.36. The van der Waals surface area contributed by atoms with Crippen LogP contribution in [-0.4, -0.2) is 41.3 Å². The number of nitrogens with one attached hydrogen (secondary N) is 1. The molecule has 1 aliphatic heterocycles. The molecule has 2 heterocycles. The zero-order valence-corrected chi connectivity index (χ0v) is 18.2. The molecule has 1 aromatic carbocycles. The van der Waals surface area contributed by atoms with Gasteiger partial charge in [0.15, 0.2) is 0 Å². The van der Waals surface area contributed by atoms with E-state index >= 15 is 0 Å². The summed E-state index contributed by atoms with van der Waals surface area (Å²) in [5, 5.41) is 2.54. The molecule has 1 saturated heterocycles. The predicted molar refractivity (Wildman–Crippen MR) is 116 cm³/mol. The van der Waals surface area contributed by atoms with Gasteiger partial charge in [0.25, 0.3) is 0 Å². The average molecular weight is 443 g/mol. The summed E-state index contributed by atoms with van der Waals surface area (Å²) >= 11 is 0. The fourth-order valence-electron chi connectivity index (χ4n) is 3.36. The van der Waals surface area contributed by atoms with Crippen molar-refractivity contribution >= 4 is 36.6 Å². The second-order valence-corrected chi connectivity index (χ2v) is 7.01. The van der Waals surface area contributed by atoms with Gasteiger partial charge in [0, 0.05) is 18.0 Å². The number of halogens is 2. The summed E-state index contributed by atoms with van der Waals surface area (Å²) in [6.07, 6.45) is 1.67. The van der Waals surface area contributed by atoms with Crippen LogP contribution in [-0.2, 0) is 9.59 Å². The lowest BCUT2D eigenvalue weighted by Crippen LogP contribution is -2.41. The molecule has 9 heteroatoms. The van der Waals surface area contributed by atoms with Crippen LogP contribution in [0.4, 0.5) is 0 Å². The molecule has 7 nitrogen and oxygen atoms in total. The number of aromatic nitrogens is 1. The third-order valence-corrected chi connectivity index (χ3v) is 4.72. The van der Waals surface area contributed by atoms with Gasteiger partial charge in [-0.25, -0.2) is 4.98 Å². The molecule has 160 valence electrons. The topological polar surface area (TPSA) is 101 Å². The molecule has 3 rings (SSSR count). The molecular weight excluding hydrogens is 415 g/mol. The summed E-state index contributed by atoms with van der Waals surface area (Å²) in [5.41, 5.74) is 7.10. The van der Waals surface area contributed by atoms with Gasteiger partial charge >= 0.3 is 0 Å². The van der Waals surface area contributed by atoms with Crippen LogP contribution >= 0.6 is 24.8 Å². The molecule has 1 unspecified atom stereocenters. The Morgan fingerprint density at radius 2 is 1.97 bits per heavy atom. The highest BCUT2D eigenvalue weighted by Gasteiger charge is 2.34. The van der Waals surface area contributed by atoms with E-state index in [2.05, 4.69) is 19.2 Å². The zero-order valence-electron chi connectivity index (χ0n) is 16.6. The van der Waals surface area contributed by atoms with Crippen molar-refractivity contribution in [2.75, 3.05) is 19.6 Å². The molecule has 2 amide bonds. The zero-order chi connectivity index (χ0) is 19.4. The first-order valence-electron chi connectivity index (χ1n) is 9.33. The van der Waals surface area contributed by atoms with Gasteiger partial charge in [-0.15, -0.1) is 24.8 Å². The lowest BCUT2D eigenvalue weighted by molar-refractivity contribution is -0.133. The number of benzene rings is 1. The Morgan fingerprint density at radius 3 is 2.59 bits per heavy atom. The first-order valence-corrected chi connectivity index (χ1v) is 9.33. The molecule has 2 aromatic rings. The quantitative estimate of drug-likeness (QED) is 0.715. The van der Waals surface area contributed by atoms with Gasteiger partial charge in [-0.05, 0) is 12.8 Å². The number of oxazole rings is 1. The number of likely N-dealkylation sites (tertiary alicyclic amines) is 1. The minimum atomic E-state index is -0.344. The number of carbonyl (C=O) groups excluding carboxylic acids is 2. The number of hydrogen-bond donors (Lipinski definition) is 2. The third kappa shape index (κ3) is 5.72. The summed E-state index contributed by atoms with van der Waals surface area (Å²) in [4.78, 5) is 30.4. The smallest absolute Gasteiger partial charge is 0.242 e. The van der Waals surface area contributed by atoms with Gasteiger partial charge in [0.1, 0.15) is 17.5 Å². The lowest BCUT2D eigenvalue weighted by atomic mass is 10.0. The normalized spacial score (nSPS) is 15.6. The van der Waals surface area contributed by atoms with E-state index in [9.17, 15) is 9.59 Å². The Bertz CT molecular complexity index is 811. The molecule has 0 bridgehead atoms. The monoisotopic (exact) mass is 442 g/mol. The van der Waals surface area contributed by atoms with E-state index in [-0.39, 0.29) is 61.7 Å². The van der Waals surface area contributed by atoms with Gasteiger partial charge in [-0.1, -0.05) is 44.2 Å². The number of hydrogen-bond acceptors (Lipinski definition) is 5. The summed E-state index contributed by atoms with van der Waals surface area (Å²) in [5.74, 6) is 1.07. The van der Waals surface area contributed by atoms with E-state index in [1.165, 1.54) is 0 Å². The van der Waals surface area contributed by atoms with Crippen LogP contribution in [0.2, 0.25) is 0 Å². The lowest BCUT2D eigenvalue weighted by Gasteiger charge is -2.22. The molecule has 1 aliphatic rings. The van der Waals surface area contributed by atoms with E-state index in [4.69, 9.17) is 15.1 Å². The molecule has 1 atom stereocenters. The third-order valence-electron chi connectivity index (χ3n) is 4.72. The average Bonchev–Trinajstić information content (AvgIpc) is 3.33. The second-order valence-electron chi connectivity index (χ2n) is 7.01. The van der Waals surface area contributed by atoms with Crippen molar-refractivity contribution in [2.24, 2.45) is 5.73 Å². The molecule has 0 radical (unpaired) electrons. The van der Waals surface area contributed by atoms with Crippen LogP contribution in [0.3, 0.4) is 0 Å². The van der Waals surface area contributed by atoms with E-state index < -0.39 is 0 Å².